The van der Waals surface area contributed by atoms with Gasteiger partial charge in [0.05, 0.1) is 41.8 Å². The molecule has 2 aliphatic rings. The zero-order valence-electron chi connectivity index (χ0n) is 22.0. The van der Waals surface area contributed by atoms with Gasteiger partial charge in [0.2, 0.25) is 5.95 Å². The molecule has 5 aromatic heterocycles. The number of aromatic nitrogens is 8. The van der Waals surface area contributed by atoms with Gasteiger partial charge in [0.25, 0.3) is 0 Å². The molecule has 0 radical (unpaired) electrons. The number of pyridine rings is 1. The molecule has 7 rings (SSSR count). The molecule has 1 N–H and O–H groups in total. The molecule has 11 heteroatoms. The Hall–Kier alpha value is -3.99. The number of fused-ring (bicyclic) bond motifs is 2. The van der Waals surface area contributed by atoms with Gasteiger partial charge in [0.1, 0.15) is 17.8 Å². The van der Waals surface area contributed by atoms with Crippen LogP contribution in [0.3, 0.4) is 0 Å². The number of imidazole rings is 2. The maximum atomic E-state index is 6.16. The van der Waals surface area contributed by atoms with E-state index < -0.39 is 0 Å². The highest BCUT2D eigenvalue weighted by Crippen LogP contribution is 2.41. The van der Waals surface area contributed by atoms with Gasteiger partial charge in [-0.2, -0.15) is 15.2 Å². The van der Waals surface area contributed by atoms with Crippen molar-refractivity contribution in [2.75, 3.05) is 18.5 Å². The maximum absolute atomic E-state index is 6.16. The van der Waals surface area contributed by atoms with Crippen LogP contribution in [-0.4, -0.2) is 52.1 Å². The second kappa shape index (κ2) is 8.52. The summed E-state index contributed by atoms with van der Waals surface area (Å²) in [7, 11) is 1.96. The van der Waals surface area contributed by atoms with E-state index in [1.807, 2.05) is 23.7 Å². The first-order chi connectivity index (χ1) is 18.3. The van der Waals surface area contributed by atoms with E-state index in [-0.39, 0.29) is 11.5 Å². The molecular weight excluding hydrogens is 482 g/mol. The van der Waals surface area contributed by atoms with E-state index in [0.29, 0.717) is 35.6 Å². The molecule has 11 nitrogen and oxygen atoms in total. The number of nitrogens with zero attached hydrogens (tertiary/aromatic N) is 8. The van der Waals surface area contributed by atoms with Gasteiger partial charge in [0.15, 0.2) is 11.5 Å². The van der Waals surface area contributed by atoms with Crippen LogP contribution in [0.25, 0.3) is 16.7 Å². The van der Waals surface area contributed by atoms with E-state index in [1.165, 1.54) is 12.8 Å². The van der Waals surface area contributed by atoms with Crippen molar-refractivity contribution < 1.29 is 9.47 Å². The summed E-state index contributed by atoms with van der Waals surface area (Å²) in [6.45, 7) is 8.06. The zero-order chi connectivity index (χ0) is 26.0. The minimum atomic E-state index is -0.0517. The Morgan fingerprint density at radius 1 is 1.03 bits per heavy atom. The SMILES string of the molecule is Cn1c(Nc2cc(C(C)(C)C)n(C3CCOC3)n2)nc2ncc(Oc3cnn4cnc(C5CC5)c4c3)cc21. The second-order valence-corrected chi connectivity index (χ2v) is 11.3. The average molecular weight is 514 g/mol. The fourth-order valence-corrected chi connectivity index (χ4v) is 5.09. The molecule has 6 heterocycles. The maximum Gasteiger partial charge on any atom is 0.210 e. The van der Waals surface area contributed by atoms with Crippen LogP contribution < -0.4 is 10.1 Å². The standard InChI is InChI=1S/C27H31N9O2/c1-27(2,3)22-11-23(33-36(22)17-7-8-37-14-17)31-26-32-25-21(34(26)4)10-18(12-28-25)38-19-9-20-24(16-5-6-16)29-15-35(20)30-13-19/h9-13,15-17H,5-8,14H2,1-4H3,(H,28,31,32,33). The van der Waals surface area contributed by atoms with Gasteiger partial charge in [-0.05, 0) is 19.3 Å². The lowest BCUT2D eigenvalue weighted by Gasteiger charge is -2.22. The van der Waals surface area contributed by atoms with E-state index in [4.69, 9.17) is 19.6 Å². The van der Waals surface area contributed by atoms with E-state index in [9.17, 15) is 0 Å². The van der Waals surface area contributed by atoms with Gasteiger partial charge in [-0.1, -0.05) is 20.8 Å². The van der Waals surface area contributed by atoms with Gasteiger partial charge in [-0.3, -0.25) is 4.68 Å². The van der Waals surface area contributed by atoms with Crippen molar-refractivity contribution in [3.8, 4) is 11.5 Å². The minimum Gasteiger partial charge on any atom is -0.454 e. The fraction of sp³-hybridized carbons (Fsp3) is 0.444. The zero-order valence-corrected chi connectivity index (χ0v) is 22.0. The number of hydrogen-bond donors (Lipinski definition) is 1. The third-order valence-corrected chi connectivity index (χ3v) is 7.31. The highest BCUT2D eigenvalue weighted by atomic mass is 16.5. The van der Waals surface area contributed by atoms with Crippen LogP contribution in [0.5, 0.6) is 11.5 Å². The lowest BCUT2D eigenvalue weighted by Crippen LogP contribution is -2.22. The first-order valence-corrected chi connectivity index (χ1v) is 13.1. The lowest BCUT2D eigenvalue weighted by atomic mass is 9.91. The normalized spacial score (nSPS) is 18.1. The molecular formula is C27H31N9O2. The van der Waals surface area contributed by atoms with Crippen LogP contribution in [0.2, 0.25) is 0 Å². The Labute approximate surface area is 219 Å². The number of rotatable bonds is 6. The summed E-state index contributed by atoms with van der Waals surface area (Å²) >= 11 is 0. The molecule has 38 heavy (non-hydrogen) atoms. The van der Waals surface area contributed by atoms with E-state index in [0.717, 1.165) is 41.3 Å². The summed E-state index contributed by atoms with van der Waals surface area (Å²) in [6, 6.07) is 6.29. The van der Waals surface area contributed by atoms with Crippen molar-refractivity contribution in [2.24, 2.45) is 7.05 Å². The van der Waals surface area contributed by atoms with E-state index in [1.54, 1.807) is 23.2 Å². The number of nitrogens with one attached hydrogen (secondary N) is 1. The summed E-state index contributed by atoms with van der Waals surface area (Å²) in [5.41, 5.74) is 4.67. The van der Waals surface area contributed by atoms with Gasteiger partial charge >= 0.3 is 0 Å². The van der Waals surface area contributed by atoms with Crippen molar-refractivity contribution in [2.45, 2.75) is 57.4 Å². The summed E-state index contributed by atoms with van der Waals surface area (Å²) in [6.07, 6.45) is 8.48. The number of anilines is 2. The second-order valence-electron chi connectivity index (χ2n) is 11.3. The highest BCUT2D eigenvalue weighted by molar-refractivity contribution is 5.77. The van der Waals surface area contributed by atoms with Crippen LogP contribution in [0, 0.1) is 0 Å². The van der Waals surface area contributed by atoms with Crippen molar-refractivity contribution in [1.29, 1.82) is 0 Å². The predicted molar refractivity (Wildman–Crippen MR) is 142 cm³/mol. The van der Waals surface area contributed by atoms with Crippen LogP contribution in [0.15, 0.2) is 36.9 Å². The molecule has 1 aliphatic heterocycles. The highest BCUT2D eigenvalue weighted by Gasteiger charge is 2.29. The Bertz CT molecular complexity index is 1650. The van der Waals surface area contributed by atoms with Crippen LogP contribution in [-0.2, 0) is 17.2 Å². The predicted octanol–water partition coefficient (Wildman–Crippen LogP) is 4.88. The molecule has 196 valence electrons. The number of ether oxygens (including phenoxy) is 2. The van der Waals surface area contributed by atoms with Gasteiger partial charge in [-0.25, -0.2) is 14.5 Å². The molecule has 5 aromatic rings. The van der Waals surface area contributed by atoms with Crippen molar-refractivity contribution >= 4 is 28.4 Å². The number of hydrogen-bond acceptors (Lipinski definition) is 8. The summed E-state index contributed by atoms with van der Waals surface area (Å²) in [4.78, 5) is 13.8. The topological polar surface area (TPSA) is 109 Å². The molecule has 1 unspecified atom stereocenters. The Morgan fingerprint density at radius 2 is 1.84 bits per heavy atom. The Morgan fingerprint density at radius 3 is 2.61 bits per heavy atom. The summed E-state index contributed by atoms with van der Waals surface area (Å²) in [5, 5.41) is 12.8. The van der Waals surface area contributed by atoms with Crippen molar-refractivity contribution in [3.05, 3.63) is 48.3 Å². The smallest absolute Gasteiger partial charge is 0.210 e. The molecule has 1 aliphatic carbocycles. The molecule has 0 aromatic carbocycles. The molecule has 1 saturated heterocycles. The first-order valence-electron chi connectivity index (χ1n) is 13.1. The van der Waals surface area contributed by atoms with Gasteiger partial charge < -0.3 is 19.4 Å². The molecule has 2 fully saturated rings. The monoisotopic (exact) mass is 513 g/mol. The Balaban J connectivity index is 1.16. The lowest BCUT2D eigenvalue weighted by molar-refractivity contribution is 0.183. The first kappa shape index (κ1) is 23.2. The average Bonchev–Trinajstić information content (AvgIpc) is 3.25. The minimum absolute atomic E-state index is 0.0517. The summed E-state index contributed by atoms with van der Waals surface area (Å²) in [5.74, 6) is 3.22. The third kappa shape index (κ3) is 4.07. The van der Waals surface area contributed by atoms with Crippen LogP contribution in [0.1, 0.15) is 63.4 Å². The number of aryl methyl sites for hydroxylation is 1. The van der Waals surface area contributed by atoms with E-state index in [2.05, 4.69) is 51.9 Å². The van der Waals surface area contributed by atoms with Gasteiger partial charge in [-0.15, -0.1) is 0 Å². The molecule has 1 saturated carbocycles. The fourth-order valence-electron chi connectivity index (χ4n) is 5.09. The van der Waals surface area contributed by atoms with Crippen LogP contribution >= 0.6 is 0 Å². The molecule has 0 spiro atoms. The van der Waals surface area contributed by atoms with Crippen molar-refractivity contribution in [1.82, 2.24) is 38.9 Å². The third-order valence-electron chi connectivity index (χ3n) is 7.31. The summed E-state index contributed by atoms with van der Waals surface area (Å²) < 4.78 is 17.7. The molecule has 0 bridgehead atoms. The van der Waals surface area contributed by atoms with Gasteiger partial charge in [0, 0.05) is 48.9 Å². The molecule has 0 amide bonds. The largest absolute Gasteiger partial charge is 0.454 e. The van der Waals surface area contributed by atoms with Crippen LogP contribution in [0.4, 0.5) is 11.8 Å². The van der Waals surface area contributed by atoms with Crippen molar-refractivity contribution in [3.63, 3.8) is 0 Å². The van der Waals surface area contributed by atoms with E-state index >= 15 is 0 Å². The molecule has 1 atom stereocenters. The quantitative estimate of drug-likeness (QED) is 0.342. The Kier molecular flexibility index (Phi) is 5.19.